The van der Waals surface area contributed by atoms with Gasteiger partial charge in [0.05, 0.1) is 5.56 Å². The van der Waals surface area contributed by atoms with Crippen molar-refractivity contribution in [3.8, 4) is 5.75 Å². The van der Waals surface area contributed by atoms with Gasteiger partial charge in [0.1, 0.15) is 16.1 Å². The summed E-state index contributed by atoms with van der Waals surface area (Å²) in [6, 6.07) is 10.8. The van der Waals surface area contributed by atoms with E-state index in [1.165, 1.54) is 42.9 Å². The Morgan fingerprint density at radius 2 is 1.65 bits per heavy atom. The van der Waals surface area contributed by atoms with Crippen molar-refractivity contribution in [2.24, 2.45) is 0 Å². The van der Waals surface area contributed by atoms with Gasteiger partial charge in [-0.1, -0.05) is 11.8 Å². The number of aromatic nitrogens is 2. The topological polar surface area (TPSA) is 146 Å². The van der Waals surface area contributed by atoms with Crippen LogP contribution in [0.4, 0.5) is 18.9 Å². The van der Waals surface area contributed by atoms with Crippen molar-refractivity contribution in [3.63, 3.8) is 0 Å². The number of esters is 2. The van der Waals surface area contributed by atoms with E-state index in [1.54, 1.807) is 12.1 Å². The number of halogens is 3. The highest BCUT2D eigenvalue weighted by Crippen LogP contribution is 2.34. The smallest absolute Gasteiger partial charge is 0.454 e. The third kappa shape index (κ3) is 9.90. The number of thioether (sulfide) groups is 1. The van der Waals surface area contributed by atoms with Gasteiger partial charge in [-0.15, -0.1) is 13.2 Å². The second-order valence-electron chi connectivity index (χ2n) is 7.67. The first-order valence-electron chi connectivity index (χ1n) is 11.3. The van der Waals surface area contributed by atoms with Crippen LogP contribution in [0.5, 0.6) is 5.75 Å². The third-order valence-electron chi connectivity index (χ3n) is 4.65. The van der Waals surface area contributed by atoms with Crippen molar-refractivity contribution in [1.29, 1.82) is 0 Å². The molecule has 0 saturated heterocycles. The minimum atomic E-state index is -4.85. The first-order chi connectivity index (χ1) is 19.0. The SMILES string of the molecule is CC(=O)OCC(=O)OCC(=O)NC(Sc1ncccc1C(=O)Nc1ccc(OC(F)(F)F)cc1)c1ccncc1. The number of nitrogens with zero attached hydrogens (tertiary/aromatic N) is 2. The van der Waals surface area contributed by atoms with Crippen LogP contribution < -0.4 is 15.4 Å². The number of ether oxygens (including phenoxy) is 3. The molecule has 1 atom stereocenters. The van der Waals surface area contributed by atoms with Crippen molar-refractivity contribution in [2.75, 3.05) is 18.5 Å². The molecule has 0 radical (unpaired) electrons. The number of carbonyl (C=O) groups excluding carboxylic acids is 4. The van der Waals surface area contributed by atoms with Crippen LogP contribution in [-0.2, 0) is 23.9 Å². The molecule has 2 N–H and O–H groups in total. The molecule has 1 unspecified atom stereocenters. The van der Waals surface area contributed by atoms with Crippen molar-refractivity contribution >= 4 is 41.2 Å². The fourth-order valence-corrected chi connectivity index (χ4v) is 4.08. The van der Waals surface area contributed by atoms with Gasteiger partial charge in [-0.2, -0.15) is 0 Å². The number of rotatable bonds is 11. The van der Waals surface area contributed by atoms with Crippen LogP contribution in [0.2, 0.25) is 0 Å². The van der Waals surface area contributed by atoms with Gasteiger partial charge in [0.15, 0.2) is 13.2 Å². The summed E-state index contributed by atoms with van der Waals surface area (Å²) in [6.45, 7) is -0.187. The molecule has 40 heavy (non-hydrogen) atoms. The van der Waals surface area contributed by atoms with E-state index in [-0.39, 0.29) is 16.3 Å². The van der Waals surface area contributed by atoms with Gasteiger partial charge in [0.2, 0.25) is 0 Å². The Bertz CT molecular complexity index is 1340. The molecule has 15 heteroatoms. The maximum Gasteiger partial charge on any atom is 0.573 e. The van der Waals surface area contributed by atoms with E-state index in [2.05, 4.69) is 30.1 Å². The molecule has 3 aromatic rings. The summed E-state index contributed by atoms with van der Waals surface area (Å²) in [5.74, 6) is -3.35. The van der Waals surface area contributed by atoms with E-state index in [0.717, 1.165) is 30.8 Å². The fourth-order valence-electron chi connectivity index (χ4n) is 2.96. The van der Waals surface area contributed by atoms with Crippen LogP contribution in [0.15, 0.2) is 72.1 Å². The van der Waals surface area contributed by atoms with Crippen LogP contribution in [0.25, 0.3) is 0 Å². The van der Waals surface area contributed by atoms with Gasteiger partial charge in [0.25, 0.3) is 11.8 Å². The average Bonchev–Trinajstić information content (AvgIpc) is 2.91. The molecular weight excluding hydrogens is 557 g/mol. The number of alkyl halides is 3. The minimum absolute atomic E-state index is 0.115. The molecule has 1 aromatic carbocycles. The Balaban J connectivity index is 1.71. The number of carbonyl (C=O) groups is 4. The van der Waals surface area contributed by atoms with Crippen LogP contribution in [0.1, 0.15) is 28.2 Å². The highest BCUT2D eigenvalue weighted by atomic mass is 32.2. The van der Waals surface area contributed by atoms with Crippen LogP contribution in [0, 0.1) is 0 Å². The molecule has 0 aliphatic carbocycles. The molecule has 0 spiro atoms. The zero-order valence-corrected chi connectivity index (χ0v) is 21.5. The quantitative estimate of drug-likeness (QED) is 0.196. The zero-order chi connectivity index (χ0) is 29.1. The summed E-state index contributed by atoms with van der Waals surface area (Å²) < 4.78 is 50.3. The number of anilines is 1. The lowest BCUT2D eigenvalue weighted by Crippen LogP contribution is -2.32. The molecule has 3 rings (SSSR count). The molecule has 2 heterocycles. The molecule has 0 aliphatic rings. The Hall–Kier alpha value is -4.66. The predicted molar refractivity (Wildman–Crippen MR) is 134 cm³/mol. The third-order valence-corrected chi connectivity index (χ3v) is 5.82. The van der Waals surface area contributed by atoms with E-state index in [1.807, 2.05) is 0 Å². The number of nitrogens with one attached hydrogen (secondary N) is 2. The summed E-state index contributed by atoms with van der Waals surface area (Å²) in [5.41, 5.74) is 0.898. The molecule has 0 saturated carbocycles. The number of pyridine rings is 2. The van der Waals surface area contributed by atoms with Crippen LogP contribution in [-0.4, -0.2) is 53.3 Å². The molecule has 0 fully saturated rings. The molecule has 2 aromatic heterocycles. The summed E-state index contributed by atoms with van der Waals surface area (Å²) in [7, 11) is 0. The molecule has 2 amide bonds. The van der Waals surface area contributed by atoms with Gasteiger partial charge < -0.3 is 24.8 Å². The minimum Gasteiger partial charge on any atom is -0.454 e. The second kappa shape index (κ2) is 13.9. The lowest BCUT2D eigenvalue weighted by atomic mass is 10.2. The van der Waals surface area contributed by atoms with Crippen molar-refractivity contribution in [1.82, 2.24) is 15.3 Å². The number of amides is 2. The summed E-state index contributed by atoms with van der Waals surface area (Å²) in [5, 5.41) is 4.66. The Labute approximate surface area is 229 Å². The number of hydrogen-bond acceptors (Lipinski definition) is 10. The Morgan fingerprint density at radius 3 is 2.30 bits per heavy atom. The lowest BCUT2D eigenvalue weighted by molar-refractivity contribution is -0.274. The second-order valence-corrected chi connectivity index (χ2v) is 8.76. The summed E-state index contributed by atoms with van der Waals surface area (Å²) >= 11 is 1.01. The van der Waals surface area contributed by atoms with Crippen molar-refractivity contribution in [3.05, 3.63) is 78.2 Å². The normalized spacial score (nSPS) is 11.6. The van der Waals surface area contributed by atoms with Gasteiger partial charge in [-0.25, -0.2) is 9.78 Å². The van der Waals surface area contributed by atoms with Crippen LogP contribution in [0.3, 0.4) is 0 Å². The Morgan fingerprint density at radius 1 is 0.950 bits per heavy atom. The summed E-state index contributed by atoms with van der Waals surface area (Å²) in [4.78, 5) is 56.2. The molecule has 0 bridgehead atoms. The highest BCUT2D eigenvalue weighted by Gasteiger charge is 2.31. The largest absolute Gasteiger partial charge is 0.573 e. The van der Waals surface area contributed by atoms with Crippen molar-refractivity contribution in [2.45, 2.75) is 23.7 Å². The van der Waals surface area contributed by atoms with Crippen molar-refractivity contribution < 1.29 is 46.6 Å². The standard InChI is InChI=1S/C25H21F3N4O7S/c1-15(33)37-14-21(35)38-13-20(34)32-23(16-8-11-29-12-9-16)40-24-19(3-2-10-30-24)22(36)31-17-4-6-18(7-5-17)39-25(26,27)28/h2-12,23H,13-14H2,1H3,(H,31,36)(H,32,34). The zero-order valence-electron chi connectivity index (χ0n) is 20.6. The monoisotopic (exact) mass is 578 g/mol. The maximum atomic E-state index is 13.0. The predicted octanol–water partition coefficient (Wildman–Crippen LogP) is 3.64. The average molecular weight is 579 g/mol. The van der Waals surface area contributed by atoms with E-state index in [4.69, 9.17) is 4.74 Å². The maximum absolute atomic E-state index is 13.0. The first kappa shape index (κ1) is 29.9. The van der Waals surface area contributed by atoms with E-state index >= 15 is 0 Å². The van der Waals surface area contributed by atoms with Gasteiger partial charge in [-0.05, 0) is 54.1 Å². The molecule has 210 valence electrons. The van der Waals surface area contributed by atoms with E-state index in [9.17, 15) is 32.3 Å². The van der Waals surface area contributed by atoms with E-state index in [0.29, 0.717) is 5.56 Å². The highest BCUT2D eigenvalue weighted by molar-refractivity contribution is 7.99. The van der Waals surface area contributed by atoms with E-state index < -0.39 is 54.5 Å². The first-order valence-corrected chi connectivity index (χ1v) is 12.2. The molecule has 0 aliphatic heterocycles. The lowest BCUT2D eigenvalue weighted by Gasteiger charge is -2.19. The van der Waals surface area contributed by atoms with Gasteiger partial charge in [0, 0.05) is 31.2 Å². The number of benzene rings is 1. The molecular formula is C25H21F3N4O7S. The Kier molecular flexibility index (Phi) is 10.4. The fraction of sp³-hybridized carbons (Fsp3) is 0.200. The van der Waals surface area contributed by atoms with Gasteiger partial charge >= 0.3 is 18.3 Å². The van der Waals surface area contributed by atoms with Gasteiger partial charge in [-0.3, -0.25) is 19.4 Å². The summed E-state index contributed by atoms with van der Waals surface area (Å²) in [6.07, 6.45) is -0.428. The van der Waals surface area contributed by atoms with Crippen LogP contribution >= 0.6 is 11.8 Å². The number of hydrogen-bond donors (Lipinski definition) is 2. The molecule has 11 nitrogen and oxygen atoms in total.